The third kappa shape index (κ3) is 5.15. The van der Waals surface area contributed by atoms with E-state index >= 15 is 0 Å². The van der Waals surface area contributed by atoms with E-state index in [-0.39, 0.29) is 0 Å². The van der Waals surface area contributed by atoms with Crippen LogP contribution in [-0.4, -0.2) is 10.8 Å². The van der Waals surface area contributed by atoms with Gasteiger partial charge in [0.05, 0.1) is 5.57 Å². The average molecular weight is 348 g/mol. The summed E-state index contributed by atoms with van der Waals surface area (Å²) in [4.78, 5) is 5.45. The Balaban J connectivity index is 1.99. The second-order valence-corrected chi connectivity index (χ2v) is 6.41. The molecule has 0 radical (unpaired) electrons. The summed E-state index contributed by atoms with van der Waals surface area (Å²) in [5.41, 5.74) is 2.59. The Labute approximate surface area is 144 Å². The zero-order chi connectivity index (χ0) is 16.5. The fraction of sp³-hybridized carbons (Fsp3) is 0.250. The number of allylic oxidation sites excluding steroid dienone is 2. The molecule has 0 unspecified atom stereocenters. The third-order valence-electron chi connectivity index (χ3n) is 2.89. The fourth-order valence-electron chi connectivity index (χ4n) is 1.81. The summed E-state index contributed by atoms with van der Waals surface area (Å²) in [6.45, 7) is 4.01. The van der Waals surface area contributed by atoms with Gasteiger partial charge in [-0.3, -0.25) is 0 Å². The number of nitriles is 1. The number of rotatable bonds is 7. The number of oxime groups is 1. The Morgan fingerprint density at radius 1 is 1.35 bits per heavy atom. The van der Waals surface area contributed by atoms with Gasteiger partial charge in [-0.2, -0.15) is 10.3 Å². The molecule has 1 aromatic carbocycles. The van der Waals surface area contributed by atoms with Crippen LogP contribution >= 0.6 is 23.8 Å². The predicted octanol–water partition coefficient (Wildman–Crippen LogP) is 4.78. The molecule has 120 valence electrons. The maximum absolute atomic E-state index is 9.47. The van der Waals surface area contributed by atoms with Crippen LogP contribution in [0, 0.1) is 18.3 Å². The van der Waals surface area contributed by atoms with Gasteiger partial charge in [0.15, 0.2) is 0 Å². The molecule has 1 aromatic rings. The highest BCUT2D eigenvalue weighted by molar-refractivity contribution is 8.18. The number of thioether (sulfide) groups is 1. The van der Waals surface area contributed by atoms with Crippen molar-refractivity contribution in [1.29, 1.82) is 5.26 Å². The highest BCUT2D eigenvalue weighted by Gasteiger charge is 2.16. The molecular weight excluding hydrogens is 332 g/mol. The van der Waals surface area contributed by atoms with Gasteiger partial charge in [-0.25, -0.2) is 0 Å². The average Bonchev–Trinajstić information content (AvgIpc) is 3.02. The molecule has 0 amide bonds. The zero-order valence-electron chi connectivity index (χ0n) is 12.8. The quantitative estimate of drug-likeness (QED) is 0.232. The highest BCUT2D eigenvalue weighted by atomic mass is 32.2. The molecule has 1 heterocycles. The fourth-order valence-corrected chi connectivity index (χ4v) is 2.94. The second kappa shape index (κ2) is 9.43. The molecule has 0 saturated heterocycles. The molecule has 0 N–H and O–H groups in total. The molecule has 0 aliphatic carbocycles. The van der Waals surface area contributed by atoms with Crippen LogP contribution in [-0.2, 0) is 14.4 Å². The van der Waals surface area contributed by atoms with Crippen LogP contribution in [0.2, 0.25) is 0 Å². The Morgan fingerprint density at radius 2 is 2.17 bits per heavy atom. The number of hydrogen-bond donors (Lipinski definition) is 0. The van der Waals surface area contributed by atoms with Crippen molar-refractivity contribution < 1.29 is 14.4 Å². The van der Waals surface area contributed by atoms with E-state index in [1.165, 1.54) is 11.8 Å². The summed E-state index contributed by atoms with van der Waals surface area (Å²) in [5.74, 6) is 0.809. The standard InChI is InChI=1S/C16H16N2O3S2/c1-3-10-22-21-20-19-18-16-9-8-15(23-16)14(11-17)13-7-5-4-6-12(13)2/h4-9H,3,10H2,1-2H3. The van der Waals surface area contributed by atoms with Gasteiger partial charge in [0.1, 0.15) is 11.1 Å². The van der Waals surface area contributed by atoms with Crippen molar-refractivity contribution in [1.82, 2.24) is 0 Å². The lowest BCUT2D eigenvalue weighted by Gasteiger charge is -2.05. The monoisotopic (exact) mass is 348 g/mol. The van der Waals surface area contributed by atoms with Crippen LogP contribution in [0.5, 0.6) is 0 Å². The summed E-state index contributed by atoms with van der Waals surface area (Å²) in [6.07, 6.45) is 4.58. The lowest BCUT2D eigenvalue weighted by molar-refractivity contribution is -0.461. The third-order valence-corrected chi connectivity index (χ3v) is 4.59. The SMILES string of the molecule is CCCSOOON=C1C=CC(=C(C#N)c2ccccc2C)S1. The van der Waals surface area contributed by atoms with Gasteiger partial charge in [-0.05, 0) is 41.8 Å². The Hall–Kier alpha value is -1.72. The van der Waals surface area contributed by atoms with Gasteiger partial charge >= 0.3 is 0 Å². The topological polar surface area (TPSA) is 63.8 Å². The summed E-state index contributed by atoms with van der Waals surface area (Å²) in [7, 11) is 0. The molecule has 0 atom stereocenters. The molecule has 7 heteroatoms. The molecule has 2 rings (SSSR count). The highest BCUT2D eigenvalue weighted by Crippen LogP contribution is 2.34. The normalized spacial score (nSPS) is 17.3. The predicted molar refractivity (Wildman–Crippen MR) is 93.9 cm³/mol. The zero-order valence-corrected chi connectivity index (χ0v) is 14.4. The van der Waals surface area contributed by atoms with E-state index < -0.39 is 0 Å². The molecule has 0 saturated carbocycles. The van der Waals surface area contributed by atoms with Gasteiger partial charge < -0.3 is 0 Å². The van der Waals surface area contributed by atoms with Crippen molar-refractivity contribution in [3.8, 4) is 6.07 Å². The van der Waals surface area contributed by atoms with Gasteiger partial charge in [0, 0.05) is 27.7 Å². The molecule has 1 aliphatic rings. The molecule has 0 bridgehead atoms. The Morgan fingerprint density at radius 3 is 2.91 bits per heavy atom. The first-order valence-corrected chi connectivity index (χ1v) is 8.75. The smallest absolute Gasteiger partial charge is 0.144 e. The largest absolute Gasteiger partial charge is 0.192 e. The van der Waals surface area contributed by atoms with Crippen LogP contribution < -0.4 is 0 Å². The van der Waals surface area contributed by atoms with Gasteiger partial charge in [0.25, 0.3) is 0 Å². The van der Waals surface area contributed by atoms with E-state index in [0.717, 1.165) is 40.2 Å². The van der Waals surface area contributed by atoms with Crippen LogP contribution in [0.3, 0.4) is 0 Å². The van der Waals surface area contributed by atoms with Crippen molar-refractivity contribution in [2.24, 2.45) is 5.16 Å². The van der Waals surface area contributed by atoms with E-state index in [0.29, 0.717) is 10.6 Å². The second-order valence-electron chi connectivity index (χ2n) is 4.56. The van der Waals surface area contributed by atoms with Crippen LogP contribution in [0.15, 0.2) is 46.5 Å². The van der Waals surface area contributed by atoms with Gasteiger partial charge in [0.2, 0.25) is 0 Å². The van der Waals surface area contributed by atoms with Crippen LogP contribution in [0.4, 0.5) is 0 Å². The van der Waals surface area contributed by atoms with Crippen molar-refractivity contribution in [2.45, 2.75) is 20.3 Å². The van der Waals surface area contributed by atoms with Gasteiger partial charge in [-0.15, -0.1) is 4.33 Å². The first-order chi connectivity index (χ1) is 11.3. The first-order valence-electron chi connectivity index (χ1n) is 7.02. The maximum Gasteiger partial charge on any atom is 0.144 e. The van der Waals surface area contributed by atoms with E-state index in [4.69, 9.17) is 4.33 Å². The molecule has 23 heavy (non-hydrogen) atoms. The molecule has 0 spiro atoms. The van der Waals surface area contributed by atoms with E-state index in [9.17, 15) is 5.26 Å². The minimum atomic E-state index is 0.588. The lowest BCUT2D eigenvalue weighted by atomic mass is 10.0. The van der Waals surface area contributed by atoms with E-state index in [2.05, 4.69) is 21.3 Å². The van der Waals surface area contributed by atoms with Crippen LogP contribution in [0.1, 0.15) is 24.5 Å². The molecule has 1 aliphatic heterocycles. The first kappa shape index (κ1) is 17.6. The van der Waals surface area contributed by atoms with Crippen molar-refractivity contribution in [3.05, 3.63) is 52.4 Å². The number of nitrogens with zero attached hydrogens (tertiary/aromatic N) is 2. The Kier molecular flexibility index (Phi) is 7.23. The summed E-state index contributed by atoms with van der Waals surface area (Å²) < 4.78 is 4.70. The number of benzene rings is 1. The summed E-state index contributed by atoms with van der Waals surface area (Å²) in [6, 6.07) is 10.0. The van der Waals surface area contributed by atoms with Gasteiger partial charge in [-0.1, -0.05) is 43.0 Å². The molecule has 0 aromatic heterocycles. The van der Waals surface area contributed by atoms with Crippen molar-refractivity contribution in [3.63, 3.8) is 0 Å². The number of hydrogen-bond acceptors (Lipinski definition) is 7. The minimum Gasteiger partial charge on any atom is -0.192 e. The lowest BCUT2D eigenvalue weighted by Crippen LogP contribution is -1.91. The Bertz CT molecular complexity index is 678. The minimum absolute atomic E-state index is 0.588. The summed E-state index contributed by atoms with van der Waals surface area (Å²) in [5, 5.41) is 18.3. The van der Waals surface area contributed by atoms with Crippen molar-refractivity contribution >= 4 is 34.4 Å². The number of aryl methyl sites for hydroxylation is 1. The van der Waals surface area contributed by atoms with E-state index in [1.54, 1.807) is 6.08 Å². The maximum atomic E-state index is 9.47. The van der Waals surface area contributed by atoms with E-state index in [1.807, 2.05) is 44.2 Å². The molecular formula is C16H16N2O3S2. The molecule has 0 fully saturated rings. The van der Waals surface area contributed by atoms with Crippen molar-refractivity contribution in [2.75, 3.05) is 5.75 Å². The summed E-state index contributed by atoms with van der Waals surface area (Å²) >= 11 is 2.49. The van der Waals surface area contributed by atoms with Crippen LogP contribution in [0.25, 0.3) is 5.57 Å². The molecule has 5 nitrogen and oxygen atoms in total.